The van der Waals surface area contributed by atoms with E-state index in [1.165, 1.54) is 6.08 Å². The topological polar surface area (TPSA) is 101 Å². The standard InChI is InChI=1S/C14H20O5/c1-8-3-4-10(5-9(8)2)6-11(16)13(18)14(19)12(17)7-15/h3-6,12-19H,7H2,1-2H3/t12-,13+,14+/m1/s1. The van der Waals surface area contributed by atoms with Crippen molar-refractivity contribution in [3.8, 4) is 0 Å². The Labute approximate surface area is 112 Å². The Bertz CT molecular complexity index is 455. The van der Waals surface area contributed by atoms with Crippen LogP contribution >= 0.6 is 0 Å². The third kappa shape index (κ3) is 4.04. The number of rotatable bonds is 5. The molecule has 0 aromatic heterocycles. The summed E-state index contributed by atoms with van der Waals surface area (Å²) in [6, 6.07) is 5.47. The highest BCUT2D eigenvalue weighted by molar-refractivity contribution is 5.54. The number of aliphatic hydroxyl groups is 5. The largest absolute Gasteiger partial charge is 0.509 e. The predicted octanol–water partition coefficient (Wildman–Crippen LogP) is 0.277. The van der Waals surface area contributed by atoms with E-state index >= 15 is 0 Å². The van der Waals surface area contributed by atoms with Crippen molar-refractivity contribution in [3.63, 3.8) is 0 Å². The van der Waals surface area contributed by atoms with Crippen molar-refractivity contribution in [3.05, 3.63) is 40.6 Å². The maximum atomic E-state index is 9.70. The smallest absolute Gasteiger partial charge is 0.139 e. The van der Waals surface area contributed by atoms with Crippen LogP contribution in [0, 0.1) is 13.8 Å². The van der Waals surface area contributed by atoms with E-state index in [4.69, 9.17) is 5.11 Å². The summed E-state index contributed by atoms with van der Waals surface area (Å²) in [5.74, 6) is -0.469. The summed E-state index contributed by atoms with van der Waals surface area (Å²) >= 11 is 0. The van der Waals surface area contributed by atoms with Gasteiger partial charge in [0, 0.05) is 0 Å². The fourth-order valence-corrected chi connectivity index (χ4v) is 1.60. The molecule has 0 saturated heterocycles. The van der Waals surface area contributed by atoms with Crippen molar-refractivity contribution in [1.29, 1.82) is 0 Å². The zero-order chi connectivity index (χ0) is 14.6. The van der Waals surface area contributed by atoms with Gasteiger partial charge in [-0.05, 0) is 36.6 Å². The molecule has 5 heteroatoms. The third-order valence-electron chi connectivity index (χ3n) is 3.05. The third-order valence-corrected chi connectivity index (χ3v) is 3.05. The first kappa shape index (κ1) is 15.7. The molecule has 0 heterocycles. The van der Waals surface area contributed by atoms with Crippen LogP contribution in [0.3, 0.4) is 0 Å². The maximum Gasteiger partial charge on any atom is 0.139 e. The van der Waals surface area contributed by atoms with E-state index in [0.717, 1.165) is 11.1 Å². The van der Waals surface area contributed by atoms with Gasteiger partial charge in [0.15, 0.2) is 0 Å². The lowest BCUT2D eigenvalue weighted by atomic mass is 10.0. The summed E-state index contributed by atoms with van der Waals surface area (Å²) < 4.78 is 0. The molecule has 3 atom stereocenters. The van der Waals surface area contributed by atoms with Crippen LogP contribution in [-0.4, -0.2) is 50.5 Å². The van der Waals surface area contributed by atoms with E-state index in [-0.39, 0.29) is 0 Å². The zero-order valence-electron chi connectivity index (χ0n) is 11.0. The molecule has 0 aliphatic rings. The Morgan fingerprint density at radius 1 is 1.16 bits per heavy atom. The van der Waals surface area contributed by atoms with Gasteiger partial charge in [0.1, 0.15) is 24.1 Å². The number of hydrogen-bond donors (Lipinski definition) is 5. The molecule has 0 bridgehead atoms. The second kappa shape index (κ2) is 6.68. The van der Waals surface area contributed by atoms with Crippen molar-refractivity contribution in [1.82, 2.24) is 0 Å². The molecule has 0 fully saturated rings. The van der Waals surface area contributed by atoms with Gasteiger partial charge < -0.3 is 25.5 Å². The van der Waals surface area contributed by atoms with E-state index in [1.54, 1.807) is 6.07 Å². The molecule has 1 aromatic carbocycles. The van der Waals surface area contributed by atoms with Crippen LogP contribution in [0.15, 0.2) is 24.0 Å². The van der Waals surface area contributed by atoms with E-state index in [1.807, 2.05) is 26.0 Å². The van der Waals surface area contributed by atoms with Crippen LogP contribution in [-0.2, 0) is 0 Å². The second-order valence-corrected chi connectivity index (χ2v) is 4.60. The summed E-state index contributed by atoms with van der Waals surface area (Å²) in [6.07, 6.45) is -3.49. The molecule has 0 amide bonds. The van der Waals surface area contributed by atoms with Crippen LogP contribution in [0.2, 0.25) is 0 Å². The molecule has 5 nitrogen and oxygen atoms in total. The Morgan fingerprint density at radius 2 is 1.79 bits per heavy atom. The van der Waals surface area contributed by atoms with E-state index in [2.05, 4.69) is 0 Å². The first-order chi connectivity index (χ1) is 8.86. The molecule has 0 aliphatic heterocycles. The summed E-state index contributed by atoms with van der Waals surface area (Å²) in [7, 11) is 0. The van der Waals surface area contributed by atoms with Gasteiger partial charge in [-0.2, -0.15) is 0 Å². The lowest BCUT2D eigenvalue weighted by molar-refractivity contribution is -0.0735. The summed E-state index contributed by atoms with van der Waals surface area (Å²) in [5.41, 5.74) is 2.81. The fourth-order valence-electron chi connectivity index (χ4n) is 1.60. The average Bonchev–Trinajstić information content (AvgIpc) is 2.40. The minimum absolute atomic E-state index is 0.469. The van der Waals surface area contributed by atoms with Crippen molar-refractivity contribution in [2.75, 3.05) is 6.61 Å². The number of aliphatic hydroxyl groups excluding tert-OH is 5. The summed E-state index contributed by atoms with van der Waals surface area (Å²) in [4.78, 5) is 0. The highest BCUT2D eigenvalue weighted by atomic mass is 16.4. The summed E-state index contributed by atoms with van der Waals surface area (Å²) in [5, 5.41) is 46.7. The van der Waals surface area contributed by atoms with Gasteiger partial charge in [0.05, 0.1) is 6.61 Å². The molecule has 19 heavy (non-hydrogen) atoms. The molecule has 1 rings (SSSR count). The van der Waals surface area contributed by atoms with E-state index in [9.17, 15) is 20.4 Å². The zero-order valence-corrected chi connectivity index (χ0v) is 11.0. The highest BCUT2D eigenvalue weighted by Gasteiger charge is 2.26. The molecular formula is C14H20O5. The van der Waals surface area contributed by atoms with Crippen LogP contribution in [0.1, 0.15) is 16.7 Å². The van der Waals surface area contributed by atoms with Gasteiger partial charge in [0.25, 0.3) is 0 Å². The highest BCUT2D eigenvalue weighted by Crippen LogP contribution is 2.15. The summed E-state index contributed by atoms with van der Waals surface area (Å²) in [6.45, 7) is 3.18. The normalized spacial score (nSPS) is 17.1. The van der Waals surface area contributed by atoms with Crippen molar-refractivity contribution >= 4 is 6.08 Å². The van der Waals surface area contributed by atoms with Gasteiger partial charge in [-0.1, -0.05) is 18.2 Å². The van der Waals surface area contributed by atoms with E-state index < -0.39 is 30.7 Å². The Kier molecular flexibility index (Phi) is 5.50. The first-order valence-corrected chi connectivity index (χ1v) is 5.99. The monoisotopic (exact) mass is 268 g/mol. The average molecular weight is 268 g/mol. The SMILES string of the molecule is Cc1ccc(C=C(O)[C@H](O)[C@@H](O)[C@H](O)CO)cc1C. The molecule has 0 unspecified atom stereocenters. The van der Waals surface area contributed by atoms with Crippen LogP contribution in [0.4, 0.5) is 0 Å². The van der Waals surface area contributed by atoms with Gasteiger partial charge in [-0.3, -0.25) is 0 Å². The van der Waals surface area contributed by atoms with Crippen molar-refractivity contribution in [2.24, 2.45) is 0 Å². The van der Waals surface area contributed by atoms with Crippen LogP contribution < -0.4 is 0 Å². The molecule has 0 aliphatic carbocycles. The minimum Gasteiger partial charge on any atom is -0.509 e. The van der Waals surface area contributed by atoms with Crippen molar-refractivity contribution in [2.45, 2.75) is 32.2 Å². The number of aryl methyl sites for hydroxylation is 2. The van der Waals surface area contributed by atoms with E-state index in [0.29, 0.717) is 5.56 Å². The number of hydrogen-bond acceptors (Lipinski definition) is 5. The van der Waals surface area contributed by atoms with Gasteiger partial charge in [-0.25, -0.2) is 0 Å². The molecule has 0 saturated carbocycles. The molecular weight excluding hydrogens is 248 g/mol. The molecule has 0 radical (unpaired) electrons. The quantitative estimate of drug-likeness (QED) is 0.494. The molecule has 0 spiro atoms. The lowest BCUT2D eigenvalue weighted by Crippen LogP contribution is -2.40. The Morgan fingerprint density at radius 3 is 2.32 bits per heavy atom. The second-order valence-electron chi connectivity index (χ2n) is 4.60. The molecule has 5 N–H and O–H groups in total. The molecule has 1 aromatic rings. The Balaban J connectivity index is 2.88. The van der Waals surface area contributed by atoms with Crippen LogP contribution in [0.25, 0.3) is 6.08 Å². The maximum absolute atomic E-state index is 9.70. The van der Waals surface area contributed by atoms with Gasteiger partial charge in [-0.15, -0.1) is 0 Å². The Hall–Kier alpha value is -1.40. The first-order valence-electron chi connectivity index (χ1n) is 5.99. The number of benzene rings is 1. The fraction of sp³-hybridized carbons (Fsp3) is 0.429. The van der Waals surface area contributed by atoms with Gasteiger partial charge in [0.2, 0.25) is 0 Å². The van der Waals surface area contributed by atoms with Crippen LogP contribution in [0.5, 0.6) is 0 Å². The predicted molar refractivity (Wildman–Crippen MR) is 71.6 cm³/mol. The van der Waals surface area contributed by atoms with Gasteiger partial charge >= 0.3 is 0 Å². The minimum atomic E-state index is -1.65. The lowest BCUT2D eigenvalue weighted by Gasteiger charge is -2.21. The molecule has 106 valence electrons. The van der Waals surface area contributed by atoms with Crippen molar-refractivity contribution < 1.29 is 25.5 Å².